The molecule has 0 atom stereocenters. The van der Waals surface area contributed by atoms with E-state index in [2.05, 4.69) is 0 Å². The van der Waals surface area contributed by atoms with Crippen molar-refractivity contribution in [2.24, 2.45) is 0 Å². The molecule has 0 rings (SSSR count). The first-order valence-electron chi connectivity index (χ1n) is 7.61. The summed E-state index contributed by atoms with van der Waals surface area (Å²) in [6.45, 7) is 12.8. The molecule has 0 saturated carbocycles. The van der Waals surface area contributed by atoms with Gasteiger partial charge in [0, 0.05) is 0 Å². The summed E-state index contributed by atoms with van der Waals surface area (Å²) in [6, 6.07) is 0. The van der Waals surface area contributed by atoms with E-state index in [1.807, 2.05) is 0 Å². The molecule has 0 fully saturated rings. The second kappa shape index (κ2) is 11.3. The molecule has 0 heterocycles. The molecule has 0 bridgehead atoms. The maximum atomic E-state index is 5.74. The van der Waals surface area contributed by atoms with E-state index in [1.54, 1.807) is 41.5 Å². The Morgan fingerprint density at radius 3 is 0.762 bits per heavy atom. The first-order valence-corrected chi connectivity index (χ1v) is 7.61. The summed E-state index contributed by atoms with van der Waals surface area (Å²) in [5.41, 5.74) is 0. The summed E-state index contributed by atoms with van der Waals surface area (Å²) in [4.78, 5) is 0. The lowest BCUT2D eigenvalue weighted by atomic mass is 10.7. The van der Waals surface area contributed by atoms with Crippen LogP contribution in [0.5, 0.6) is 0 Å². The van der Waals surface area contributed by atoms with Gasteiger partial charge >= 0.3 is 12.3 Å². The SMILES string of the molecule is CCOC(OCC)(OCC)OC(OCC)(OCC)OCC. The van der Waals surface area contributed by atoms with Crippen molar-refractivity contribution in [2.45, 2.75) is 53.9 Å². The number of hydrogen-bond donors (Lipinski definition) is 0. The van der Waals surface area contributed by atoms with Crippen LogP contribution in [0.25, 0.3) is 0 Å². The Morgan fingerprint density at radius 1 is 0.429 bits per heavy atom. The Kier molecular flexibility index (Phi) is 11.2. The summed E-state index contributed by atoms with van der Waals surface area (Å²) < 4.78 is 38.7. The van der Waals surface area contributed by atoms with Crippen molar-refractivity contribution in [1.29, 1.82) is 0 Å². The molecule has 0 N–H and O–H groups in total. The van der Waals surface area contributed by atoms with Gasteiger partial charge in [0.15, 0.2) is 0 Å². The van der Waals surface area contributed by atoms with E-state index < -0.39 is 12.3 Å². The second-order valence-corrected chi connectivity index (χ2v) is 3.70. The van der Waals surface area contributed by atoms with E-state index in [9.17, 15) is 0 Å². The molecule has 7 nitrogen and oxygen atoms in total. The topological polar surface area (TPSA) is 64.6 Å². The van der Waals surface area contributed by atoms with E-state index in [0.717, 1.165) is 0 Å². The molecule has 0 aromatic heterocycles. The van der Waals surface area contributed by atoms with Crippen molar-refractivity contribution in [2.75, 3.05) is 39.6 Å². The fraction of sp³-hybridized carbons (Fsp3) is 1.00. The van der Waals surface area contributed by atoms with Crippen molar-refractivity contribution in [3.8, 4) is 0 Å². The zero-order valence-corrected chi connectivity index (χ0v) is 14.1. The van der Waals surface area contributed by atoms with Crippen molar-refractivity contribution >= 4 is 0 Å². The van der Waals surface area contributed by atoms with E-state index in [4.69, 9.17) is 33.2 Å². The molecule has 128 valence electrons. The third-order valence-corrected chi connectivity index (χ3v) is 2.18. The summed E-state index contributed by atoms with van der Waals surface area (Å²) in [5, 5.41) is 0. The second-order valence-electron chi connectivity index (χ2n) is 3.70. The summed E-state index contributed by atoms with van der Waals surface area (Å²) >= 11 is 0. The van der Waals surface area contributed by atoms with Crippen LogP contribution in [0.4, 0.5) is 0 Å². The number of hydrogen-bond acceptors (Lipinski definition) is 7. The van der Waals surface area contributed by atoms with Crippen molar-refractivity contribution in [3.05, 3.63) is 0 Å². The van der Waals surface area contributed by atoms with Crippen molar-refractivity contribution in [3.63, 3.8) is 0 Å². The smallest absolute Gasteiger partial charge is 0.303 e. The molecule has 0 unspecified atom stereocenters. The van der Waals surface area contributed by atoms with Gasteiger partial charge in [0.25, 0.3) is 0 Å². The van der Waals surface area contributed by atoms with Crippen LogP contribution < -0.4 is 0 Å². The molecular weight excluding hydrogens is 280 g/mol. The van der Waals surface area contributed by atoms with Crippen LogP contribution in [0, 0.1) is 0 Å². The van der Waals surface area contributed by atoms with Gasteiger partial charge in [0.2, 0.25) is 0 Å². The lowest BCUT2D eigenvalue weighted by Gasteiger charge is -2.39. The van der Waals surface area contributed by atoms with Crippen LogP contribution in [-0.4, -0.2) is 52.0 Å². The molecule has 0 amide bonds. The highest BCUT2D eigenvalue weighted by atomic mass is 17.1. The van der Waals surface area contributed by atoms with E-state index in [0.29, 0.717) is 39.6 Å². The molecule has 0 saturated heterocycles. The summed E-state index contributed by atoms with van der Waals surface area (Å²) in [7, 11) is 0. The minimum absolute atomic E-state index is 0.320. The van der Waals surface area contributed by atoms with Gasteiger partial charge in [-0.15, -0.1) is 0 Å². The monoisotopic (exact) mass is 310 g/mol. The summed E-state index contributed by atoms with van der Waals surface area (Å²) in [5.74, 6) is 0. The first kappa shape index (κ1) is 20.7. The number of ether oxygens (including phenoxy) is 7. The van der Waals surface area contributed by atoms with Gasteiger partial charge < -0.3 is 28.4 Å². The lowest BCUT2D eigenvalue weighted by molar-refractivity contribution is -0.618. The molecule has 21 heavy (non-hydrogen) atoms. The van der Waals surface area contributed by atoms with E-state index >= 15 is 0 Å². The quantitative estimate of drug-likeness (QED) is 0.457. The predicted octanol–water partition coefficient (Wildman–Crippen LogP) is 2.44. The molecular formula is C14H30O7. The van der Waals surface area contributed by atoms with Crippen LogP contribution in [-0.2, 0) is 33.2 Å². The first-order chi connectivity index (χ1) is 10.1. The largest absolute Gasteiger partial charge is 0.418 e. The molecule has 0 aromatic carbocycles. The van der Waals surface area contributed by atoms with Crippen LogP contribution >= 0.6 is 0 Å². The normalized spacial score (nSPS) is 12.9. The molecule has 0 spiro atoms. The molecule has 0 aliphatic heterocycles. The van der Waals surface area contributed by atoms with Crippen molar-refractivity contribution < 1.29 is 33.2 Å². The molecule has 0 radical (unpaired) electrons. The molecule has 7 heteroatoms. The van der Waals surface area contributed by atoms with Gasteiger partial charge in [-0.2, -0.15) is 0 Å². The van der Waals surface area contributed by atoms with E-state index in [-0.39, 0.29) is 0 Å². The molecule has 0 aliphatic rings. The van der Waals surface area contributed by atoms with Crippen LogP contribution in [0.15, 0.2) is 0 Å². The molecule has 0 aliphatic carbocycles. The van der Waals surface area contributed by atoms with Gasteiger partial charge in [-0.05, 0) is 41.5 Å². The standard InChI is InChI=1S/C14H30O7/c1-7-15-13(16-8-2,17-9-3)21-14(18-10-4,19-11-5)20-12-6/h7-12H2,1-6H3. The van der Waals surface area contributed by atoms with Gasteiger partial charge in [0.05, 0.1) is 39.6 Å². The summed E-state index contributed by atoms with van der Waals surface area (Å²) in [6.07, 6.45) is -3.48. The third-order valence-electron chi connectivity index (χ3n) is 2.18. The highest BCUT2D eigenvalue weighted by Crippen LogP contribution is 2.29. The van der Waals surface area contributed by atoms with Crippen LogP contribution in [0.3, 0.4) is 0 Å². The maximum absolute atomic E-state index is 5.74. The Morgan fingerprint density at radius 2 is 0.619 bits per heavy atom. The highest BCUT2D eigenvalue weighted by Gasteiger charge is 2.48. The lowest BCUT2D eigenvalue weighted by Crippen LogP contribution is -2.54. The minimum atomic E-state index is -1.74. The Labute approximate surface area is 127 Å². The van der Waals surface area contributed by atoms with Gasteiger partial charge in [-0.1, -0.05) is 0 Å². The van der Waals surface area contributed by atoms with E-state index in [1.165, 1.54) is 0 Å². The Balaban J connectivity index is 5.30. The zero-order valence-electron chi connectivity index (χ0n) is 14.1. The van der Waals surface area contributed by atoms with Crippen LogP contribution in [0.1, 0.15) is 41.5 Å². The molecule has 0 aromatic rings. The van der Waals surface area contributed by atoms with Crippen molar-refractivity contribution in [1.82, 2.24) is 0 Å². The Hall–Kier alpha value is -0.280. The average molecular weight is 310 g/mol. The zero-order chi connectivity index (χ0) is 16.2. The maximum Gasteiger partial charge on any atom is 0.418 e. The number of rotatable bonds is 14. The average Bonchev–Trinajstić information content (AvgIpc) is 2.40. The third kappa shape index (κ3) is 7.01. The van der Waals surface area contributed by atoms with Gasteiger partial charge in [0.1, 0.15) is 0 Å². The Bertz CT molecular complexity index is 189. The van der Waals surface area contributed by atoms with Crippen LogP contribution in [0.2, 0.25) is 0 Å². The predicted molar refractivity (Wildman–Crippen MR) is 76.3 cm³/mol. The minimum Gasteiger partial charge on any atom is -0.303 e. The van der Waals surface area contributed by atoms with Gasteiger partial charge in [-0.3, -0.25) is 0 Å². The van der Waals surface area contributed by atoms with Gasteiger partial charge in [-0.25, -0.2) is 4.74 Å². The highest BCUT2D eigenvalue weighted by molar-refractivity contribution is 4.49. The fourth-order valence-electron chi connectivity index (χ4n) is 1.64. The fourth-order valence-corrected chi connectivity index (χ4v) is 1.64.